The SMILES string of the molecule is Cc1sc(C(=O)NC(C)C2CCOC2)cc1S(=O)(=O)Cl. The standard InChI is InChI=1S/C12H16ClNO4S2/c1-7(9-3-4-18-6-9)14-12(15)10-5-11(8(2)19-10)20(13,16)17/h5,7,9H,3-4,6H2,1-2H3,(H,14,15). The maximum atomic E-state index is 12.1. The first-order chi connectivity index (χ1) is 9.29. The Balaban J connectivity index is 2.10. The number of hydrogen-bond donors (Lipinski definition) is 1. The molecule has 1 aromatic rings. The van der Waals surface area contributed by atoms with Gasteiger partial charge in [0.25, 0.3) is 15.0 Å². The summed E-state index contributed by atoms with van der Waals surface area (Å²) in [6, 6.07) is 1.32. The number of carbonyl (C=O) groups is 1. The second-order valence-corrected chi connectivity index (χ2v) is 8.65. The minimum atomic E-state index is -3.81. The maximum Gasteiger partial charge on any atom is 0.262 e. The highest BCUT2D eigenvalue weighted by atomic mass is 35.7. The fourth-order valence-electron chi connectivity index (χ4n) is 2.16. The second-order valence-electron chi connectivity index (χ2n) is 4.85. The molecule has 0 radical (unpaired) electrons. The number of rotatable bonds is 4. The molecule has 1 amide bonds. The van der Waals surface area contributed by atoms with E-state index in [1.807, 2.05) is 6.92 Å². The molecular formula is C12H16ClNO4S2. The number of carbonyl (C=O) groups excluding carboxylic acids is 1. The van der Waals surface area contributed by atoms with Crippen LogP contribution in [0, 0.1) is 12.8 Å². The van der Waals surface area contributed by atoms with Gasteiger partial charge in [0.1, 0.15) is 0 Å². The average Bonchev–Trinajstić information content (AvgIpc) is 2.95. The van der Waals surface area contributed by atoms with Crippen LogP contribution in [0.25, 0.3) is 0 Å². The van der Waals surface area contributed by atoms with E-state index in [9.17, 15) is 13.2 Å². The van der Waals surface area contributed by atoms with Crippen LogP contribution in [0.5, 0.6) is 0 Å². The lowest BCUT2D eigenvalue weighted by Crippen LogP contribution is -2.38. The molecule has 5 nitrogen and oxygen atoms in total. The van der Waals surface area contributed by atoms with Crippen molar-refractivity contribution in [2.45, 2.75) is 31.2 Å². The van der Waals surface area contributed by atoms with E-state index in [0.717, 1.165) is 24.4 Å². The Morgan fingerprint density at radius 2 is 2.30 bits per heavy atom. The molecule has 20 heavy (non-hydrogen) atoms. The molecule has 112 valence electrons. The topological polar surface area (TPSA) is 72.5 Å². The number of nitrogens with one attached hydrogen (secondary N) is 1. The zero-order valence-electron chi connectivity index (χ0n) is 11.2. The van der Waals surface area contributed by atoms with Crippen molar-refractivity contribution in [3.63, 3.8) is 0 Å². The van der Waals surface area contributed by atoms with Gasteiger partial charge < -0.3 is 10.1 Å². The van der Waals surface area contributed by atoms with Crippen LogP contribution < -0.4 is 5.32 Å². The van der Waals surface area contributed by atoms with E-state index in [4.69, 9.17) is 15.4 Å². The van der Waals surface area contributed by atoms with E-state index in [1.165, 1.54) is 6.07 Å². The summed E-state index contributed by atoms with van der Waals surface area (Å²) in [5.74, 6) is 0.0281. The van der Waals surface area contributed by atoms with Crippen LogP contribution in [-0.4, -0.2) is 33.6 Å². The third-order valence-electron chi connectivity index (χ3n) is 3.39. The lowest BCUT2D eigenvalue weighted by molar-refractivity contribution is 0.0926. The normalized spacial score (nSPS) is 20.9. The van der Waals surface area contributed by atoms with Crippen molar-refractivity contribution in [1.29, 1.82) is 0 Å². The molecule has 1 aromatic heterocycles. The Bertz CT molecular complexity index is 605. The number of aryl methyl sites for hydroxylation is 1. The lowest BCUT2D eigenvalue weighted by atomic mass is 10.0. The number of hydrogen-bond acceptors (Lipinski definition) is 5. The molecule has 1 N–H and O–H groups in total. The Morgan fingerprint density at radius 1 is 1.60 bits per heavy atom. The summed E-state index contributed by atoms with van der Waals surface area (Å²) in [5, 5.41) is 2.88. The van der Waals surface area contributed by atoms with Gasteiger partial charge in [-0.1, -0.05) is 0 Å². The van der Waals surface area contributed by atoms with Gasteiger partial charge in [-0.05, 0) is 26.3 Å². The van der Waals surface area contributed by atoms with Crippen LogP contribution >= 0.6 is 22.0 Å². The first-order valence-electron chi connectivity index (χ1n) is 6.22. The van der Waals surface area contributed by atoms with Gasteiger partial charge >= 0.3 is 0 Å². The molecule has 0 spiro atoms. The van der Waals surface area contributed by atoms with Crippen LogP contribution in [0.15, 0.2) is 11.0 Å². The summed E-state index contributed by atoms with van der Waals surface area (Å²) >= 11 is 1.13. The molecule has 1 saturated heterocycles. The zero-order chi connectivity index (χ0) is 14.9. The quantitative estimate of drug-likeness (QED) is 0.854. The highest BCUT2D eigenvalue weighted by molar-refractivity contribution is 8.13. The van der Waals surface area contributed by atoms with Gasteiger partial charge in [0.05, 0.1) is 16.4 Å². The van der Waals surface area contributed by atoms with Crippen LogP contribution in [0.3, 0.4) is 0 Å². The van der Waals surface area contributed by atoms with Gasteiger partial charge in [-0.15, -0.1) is 11.3 Å². The highest BCUT2D eigenvalue weighted by Gasteiger charge is 2.25. The first kappa shape index (κ1) is 15.8. The van der Waals surface area contributed by atoms with Gasteiger partial charge in [-0.3, -0.25) is 4.79 Å². The second kappa shape index (κ2) is 6.01. The van der Waals surface area contributed by atoms with Gasteiger partial charge in [-0.25, -0.2) is 8.42 Å². The van der Waals surface area contributed by atoms with E-state index in [0.29, 0.717) is 22.3 Å². The minimum Gasteiger partial charge on any atom is -0.381 e. The smallest absolute Gasteiger partial charge is 0.262 e. The van der Waals surface area contributed by atoms with Gasteiger partial charge in [0.15, 0.2) is 0 Å². The predicted molar refractivity (Wildman–Crippen MR) is 77.9 cm³/mol. The summed E-state index contributed by atoms with van der Waals surface area (Å²) < 4.78 is 28.0. The van der Waals surface area contributed by atoms with Gasteiger partial charge in [0.2, 0.25) is 0 Å². The summed E-state index contributed by atoms with van der Waals surface area (Å²) in [5.41, 5.74) is 0. The number of ether oxygens (including phenoxy) is 1. The van der Waals surface area contributed by atoms with Crippen molar-refractivity contribution in [3.8, 4) is 0 Å². The molecule has 2 heterocycles. The molecular weight excluding hydrogens is 322 g/mol. The Kier molecular flexibility index (Phi) is 4.73. The van der Waals surface area contributed by atoms with Gasteiger partial charge in [-0.2, -0.15) is 0 Å². The molecule has 2 unspecified atom stereocenters. The average molecular weight is 338 g/mol. The Labute approximate surface area is 126 Å². The third kappa shape index (κ3) is 3.52. The third-order valence-corrected chi connectivity index (χ3v) is 6.02. The van der Waals surface area contributed by atoms with Crippen molar-refractivity contribution >= 4 is 37.0 Å². The molecule has 0 aromatic carbocycles. The molecule has 0 saturated carbocycles. The van der Waals surface area contributed by atoms with Crippen LogP contribution in [-0.2, 0) is 13.8 Å². The Hall–Kier alpha value is -0.630. The maximum absolute atomic E-state index is 12.1. The Morgan fingerprint density at radius 3 is 2.80 bits per heavy atom. The molecule has 1 aliphatic rings. The van der Waals surface area contributed by atoms with E-state index in [2.05, 4.69) is 5.32 Å². The lowest BCUT2D eigenvalue weighted by Gasteiger charge is -2.18. The number of thiophene rings is 1. The zero-order valence-corrected chi connectivity index (χ0v) is 13.6. The number of halogens is 1. The summed E-state index contributed by atoms with van der Waals surface area (Å²) in [7, 11) is 1.51. The molecule has 8 heteroatoms. The fraction of sp³-hybridized carbons (Fsp3) is 0.583. The minimum absolute atomic E-state index is 0.00571. The van der Waals surface area contributed by atoms with Crippen molar-refractivity contribution in [2.24, 2.45) is 5.92 Å². The van der Waals surface area contributed by atoms with Crippen molar-refractivity contribution in [1.82, 2.24) is 5.32 Å². The van der Waals surface area contributed by atoms with Crippen molar-refractivity contribution < 1.29 is 17.9 Å². The molecule has 1 fully saturated rings. The molecule has 2 atom stereocenters. The molecule has 2 rings (SSSR count). The first-order valence-corrected chi connectivity index (χ1v) is 9.35. The van der Waals surface area contributed by atoms with E-state index >= 15 is 0 Å². The van der Waals surface area contributed by atoms with Crippen molar-refractivity contribution in [3.05, 3.63) is 15.8 Å². The van der Waals surface area contributed by atoms with E-state index < -0.39 is 9.05 Å². The van der Waals surface area contributed by atoms with E-state index in [-0.39, 0.29) is 16.8 Å². The van der Waals surface area contributed by atoms with Crippen LogP contribution in [0.1, 0.15) is 27.9 Å². The molecule has 0 aliphatic carbocycles. The van der Waals surface area contributed by atoms with E-state index in [1.54, 1.807) is 6.92 Å². The van der Waals surface area contributed by atoms with Crippen molar-refractivity contribution in [2.75, 3.05) is 13.2 Å². The summed E-state index contributed by atoms with van der Waals surface area (Å²) in [6.07, 6.45) is 0.923. The molecule has 1 aliphatic heterocycles. The molecule has 0 bridgehead atoms. The highest BCUT2D eigenvalue weighted by Crippen LogP contribution is 2.28. The van der Waals surface area contributed by atoms with Gasteiger partial charge in [0, 0.05) is 34.1 Å². The summed E-state index contributed by atoms with van der Waals surface area (Å²) in [6.45, 7) is 4.92. The predicted octanol–water partition coefficient (Wildman–Crippen LogP) is 2.14. The number of amides is 1. The largest absolute Gasteiger partial charge is 0.381 e. The monoisotopic (exact) mass is 337 g/mol. The fourth-order valence-corrected chi connectivity index (χ4v) is 4.73. The van der Waals surface area contributed by atoms with Crippen LogP contribution in [0.2, 0.25) is 0 Å². The van der Waals surface area contributed by atoms with Crippen LogP contribution in [0.4, 0.5) is 0 Å². The summed E-state index contributed by atoms with van der Waals surface area (Å²) in [4.78, 5) is 13.0.